The zero-order chi connectivity index (χ0) is 13.3. The van der Waals surface area contributed by atoms with Crippen molar-refractivity contribution >= 4 is 11.9 Å². The molecule has 0 unspecified atom stereocenters. The number of nitrogens with one attached hydrogen (secondary N) is 1. The molecule has 3 rings (SSSR count). The molecule has 9 nitrogen and oxygen atoms in total. The maximum Gasteiger partial charge on any atom is 0.258 e. The summed E-state index contributed by atoms with van der Waals surface area (Å²) in [7, 11) is 0. The van der Waals surface area contributed by atoms with Crippen LogP contribution in [-0.4, -0.2) is 47.0 Å². The highest BCUT2D eigenvalue weighted by molar-refractivity contribution is 5.38. The molecule has 0 atom stereocenters. The third-order valence-corrected chi connectivity index (χ3v) is 3.25. The summed E-state index contributed by atoms with van der Waals surface area (Å²) < 4.78 is 1.40. The van der Waals surface area contributed by atoms with Crippen LogP contribution in [0.15, 0.2) is 12.7 Å². The van der Waals surface area contributed by atoms with Crippen molar-refractivity contribution in [3.63, 3.8) is 0 Å². The molecule has 9 heteroatoms. The topological polar surface area (TPSA) is 128 Å². The Morgan fingerprint density at radius 1 is 1.37 bits per heavy atom. The Hall–Kier alpha value is -2.29. The van der Waals surface area contributed by atoms with Crippen molar-refractivity contribution in [2.24, 2.45) is 0 Å². The molecule has 2 heterocycles. The third-order valence-electron chi connectivity index (χ3n) is 3.25. The Kier molecular flexibility index (Phi) is 2.75. The standard InChI is InChI=1S/C10H14N8O/c11-7-14-8(17-10(4-19)2-1-3-10)16-9(15-7)18-6-12-5-13-18/h5-6,19H,1-4H2,(H3,11,14,15,16,17). The Morgan fingerprint density at radius 3 is 2.79 bits per heavy atom. The lowest BCUT2D eigenvalue weighted by atomic mass is 9.77. The number of nitrogen functional groups attached to an aromatic ring is 1. The van der Waals surface area contributed by atoms with Crippen molar-refractivity contribution in [3.05, 3.63) is 12.7 Å². The highest BCUT2D eigenvalue weighted by atomic mass is 16.3. The van der Waals surface area contributed by atoms with Gasteiger partial charge in [-0.1, -0.05) is 0 Å². The van der Waals surface area contributed by atoms with Crippen LogP contribution in [0.1, 0.15) is 19.3 Å². The molecule has 0 aliphatic heterocycles. The zero-order valence-electron chi connectivity index (χ0n) is 10.2. The lowest BCUT2D eigenvalue weighted by molar-refractivity contribution is 0.143. The van der Waals surface area contributed by atoms with Gasteiger partial charge in [-0.15, -0.1) is 0 Å². The molecule has 1 aliphatic rings. The minimum atomic E-state index is -0.340. The van der Waals surface area contributed by atoms with Gasteiger partial charge in [-0.2, -0.15) is 24.7 Å². The molecule has 0 spiro atoms. The normalized spacial score (nSPS) is 16.9. The maximum atomic E-state index is 9.43. The second kappa shape index (κ2) is 4.43. The summed E-state index contributed by atoms with van der Waals surface area (Å²) in [6.07, 6.45) is 5.70. The molecule has 0 aromatic carbocycles. The minimum Gasteiger partial charge on any atom is -0.394 e. The van der Waals surface area contributed by atoms with E-state index in [0.717, 1.165) is 19.3 Å². The zero-order valence-corrected chi connectivity index (χ0v) is 10.2. The number of nitrogens with zero attached hydrogens (tertiary/aromatic N) is 6. The lowest BCUT2D eigenvalue weighted by Crippen LogP contribution is -2.48. The van der Waals surface area contributed by atoms with Crippen LogP contribution in [-0.2, 0) is 0 Å². The minimum absolute atomic E-state index is 0.0389. The van der Waals surface area contributed by atoms with E-state index in [-0.39, 0.29) is 18.1 Å². The molecule has 0 amide bonds. The van der Waals surface area contributed by atoms with E-state index in [0.29, 0.717) is 11.9 Å². The Bertz CT molecular complexity index is 559. The Balaban J connectivity index is 1.90. The van der Waals surface area contributed by atoms with Crippen molar-refractivity contribution in [1.82, 2.24) is 29.7 Å². The molecule has 1 fully saturated rings. The summed E-state index contributed by atoms with van der Waals surface area (Å²) in [6, 6.07) is 0. The summed E-state index contributed by atoms with van der Waals surface area (Å²) in [6.45, 7) is 0.0389. The molecule has 1 saturated carbocycles. The number of hydrogen-bond donors (Lipinski definition) is 3. The number of aliphatic hydroxyl groups is 1. The number of aliphatic hydroxyl groups excluding tert-OH is 1. The molecule has 2 aromatic heterocycles. The van der Waals surface area contributed by atoms with E-state index in [4.69, 9.17) is 5.73 Å². The number of rotatable bonds is 4. The van der Waals surface area contributed by atoms with E-state index in [9.17, 15) is 5.11 Å². The van der Waals surface area contributed by atoms with Crippen molar-refractivity contribution < 1.29 is 5.11 Å². The summed E-state index contributed by atoms with van der Waals surface area (Å²) in [5.41, 5.74) is 5.32. The number of aromatic nitrogens is 6. The van der Waals surface area contributed by atoms with Gasteiger partial charge in [0.05, 0.1) is 12.1 Å². The van der Waals surface area contributed by atoms with Crippen LogP contribution in [0.2, 0.25) is 0 Å². The molecule has 19 heavy (non-hydrogen) atoms. The van der Waals surface area contributed by atoms with E-state index in [1.807, 2.05) is 0 Å². The van der Waals surface area contributed by atoms with Crippen LogP contribution in [0, 0.1) is 0 Å². The highest BCUT2D eigenvalue weighted by Gasteiger charge is 2.37. The van der Waals surface area contributed by atoms with E-state index >= 15 is 0 Å². The molecule has 0 bridgehead atoms. The van der Waals surface area contributed by atoms with Crippen molar-refractivity contribution in [1.29, 1.82) is 0 Å². The third kappa shape index (κ3) is 2.19. The Morgan fingerprint density at radius 2 is 2.21 bits per heavy atom. The molecule has 4 N–H and O–H groups in total. The van der Waals surface area contributed by atoms with E-state index in [1.165, 1.54) is 17.3 Å². The molecule has 2 aromatic rings. The number of hydrogen-bond acceptors (Lipinski definition) is 8. The fourth-order valence-electron chi connectivity index (χ4n) is 2.01. The average molecular weight is 262 g/mol. The second-order valence-corrected chi connectivity index (χ2v) is 4.57. The van der Waals surface area contributed by atoms with Gasteiger partial charge in [0.15, 0.2) is 0 Å². The molecule has 0 saturated heterocycles. The molecule has 100 valence electrons. The van der Waals surface area contributed by atoms with Gasteiger partial charge < -0.3 is 16.2 Å². The van der Waals surface area contributed by atoms with Gasteiger partial charge in [0.2, 0.25) is 11.9 Å². The summed E-state index contributed by atoms with van der Waals surface area (Å²) in [4.78, 5) is 16.1. The van der Waals surface area contributed by atoms with Gasteiger partial charge >= 0.3 is 0 Å². The smallest absolute Gasteiger partial charge is 0.258 e. The van der Waals surface area contributed by atoms with E-state index < -0.39 is 0 Å². The van der Waals surface area contributed by atoms with Crippen LogP contribution in [0.5, 0.6) is 0 Å². The van der Waals surface area contributed by atoms with Crippen LogP contribution < -0.4 is 11.1 Å². The van der Waals surface area contributed by atoms with Crippen LogP contribution in [0.25, 0.3) is 5.95 Å². The van der Waals surface area contributed by atoms with Gasteiger partial charge in [-0.3, -0.25) is 0 Å². The van der Waals surface area contributed by atoms with Gasteiger partial charge in [0.1, 0.15) is 12.7 Å². The molecular weight excluding hydrogens is 248 g/mol. The van der Waals surface area contributed by atoms with Gasteiger partial charge in [0.25, 0.3) is 5.95 Å². The average Bonchev–Trinajstić information content (AvgIpc) is 2.87. The number of nitrogens with two attached hydrogens (primary N) is 1. The fourth-order valence-corrected chi connectivity index (χ4v) is 2.01. The van der Waals surface area contributed by atoms with Crippen LogP contribution >= 0.6 is 0 Å². The monoisotopic (exact) mass is 262 g/mol. The predicted molar refractivity (Wildman–Crippen MR) is 66.4 cm³/mol. The summed E-state index contributed by atoms with van der Waals surface area (Å²) in [5, 5.41) is 16.5. The van der Waals surface area contributed by atoms with Gasteiger partial charge in [-0.25, -0.2) is 4.98 Å². The Labute approximate surface area is 108 Å². The van der Waals surface area contributed by atoms with Crippen LogP contribution in [0.3, 0.4) is 0 Å². The first-order valence-electron chi connectivity index (χ1n) is 5.96. The first-order chi connectivity index (χ1) is 9.21. The highest BCUT2D eigenvalue weighted by Crippen LogP contribution is 2.34. The number of anilines is 2. The van der Waals surface area contributed by atoms with Crippen molar-refractivity contribution in [3.8, 4) is 5.95 Å². The quantitative estimate of drug-likeness (QED) is 0.664. The van der Waals surface area contributed by atoms with Gasteiger partial charge in [0, 0.05) is 0 Å². The first kappa shape index (κ1) is 11.8. The first-order valence-corrected chi connectivity index (χ1v) is 5.96. The molecule has 0 radical (unpaired) electrons. The van der Waals surface area contributed by atoms with E-state index in [2.05, 4.69) is 30.4 Å². The fraction of sp³-hybridized carbons (Fsp3) is 0.500. The van der Waals surface area contributed by atoms with Crippen molar-refractivity contribution in [2.75, 3.05) is 17.7 Å². The summed E-state index contributed by atoms with van der Waals surface area (Å²) >= 11 is 0. The molecular formula is C10H14N8O. The second-order valence-electron chi connectivity index (χ2n) is 4.57. The van der Waals surface area contributed by atoms with Gasteiger partial charge in [-0.05, 0) is 19.3 Å². The van der Waals surface area contributed by atoms with Crippen molar-refractivity contribution in [2.45, 2.75) is 24.8 Å². The maximum absolute atomic E-state index is 9.43. The van der Waals surface area contributed by atoms with E-state index in [1.54, 1.807) is 0 Å². The SMILES string of the molecule is Nc1nc(NC2(CO)CCC2)nc(-n2cncn2)n1. The summed E-state index contributed by atoms with van der Waals surface area (Å²) in [5.74, 6) is 0.724. The largest absolute Gasteiger partial charge is 0.394 e. The predicted octanol–water partition coefficient (Wildman–Crippen LogP) is -0.639. The van der Waals surface area contributed by atoms with Crippen LogP contribution in [0.4, 0.5) is 11.9 Å². The lowest BCUT2D eigenvalue weighted by Gasteiger charge is -2.40. The molecule has 1 aliphatic carbocycles.